The highest BCUT2D eigenvalue weighted by Crippen LogP contribution is 2.41. The SMILES string of the molecule is COc1ccc(S(=O)(=O)N2CCS[C@H]2c2ccccc2)cc1. The molecule has 0 aromatic heterocycles. The highest BCUT2D eigenvalue weighted by Gasteiger charge is 2.36. The van der Waals surface area contributed by atoms with Gasteiger partial charge in [0.1, 0.15) is 5.75 Å². The first-order valence-electron chi connectivity index (χ1n) is 6.95. The van der Waals surface area contributed by atoms with Crippen LogP contribution in [0, 0.1) is 0 Å². The van der Waals surface area contributed by atoms with Gasteiger partial charge in [-0.25, -0.2) is 8.42 Å². The minimum atomic E-state index is -3.50. The molecule has 0 amide bonds. The summed E-state index contributed by atoms with van der Waals surface area (Å²) in [5.41, 5.74) is 1.02. The van der Waals surface area contributed by atoms with Gasteiger partial charge in [-0.1, -0.05) is 30.3 Å². The van der Waals surface area contributed by atoms with E-state index < -0.39 is 10.0 Å². The molecule has 6 heteroatoms. The molecule has 2 aromatic rings. The van der Waals surface area contributed by atoms with Gasteiger partial charge in [-0.15, -0.1) is 11.8 Å². The third-order valence-corrected chi connectivity index (χ3v) is 6.87. The number of hydrogen-bond donors (Lipinski definition) is 0. The van der Waals surface area contributed by atoms with E-state index in [2.05, 4.69) is 0 Å². The Hall–Kier alpha value is -1.50. The van der Waals surface area contributed by atoms with Gasteiger partial charge in [0, 0.05) is 12.3 Å². The molecular formula is C16H17NO3S2. The van der Waals surface area contributed by atoms with Gasteiger partial charge in [0.2, 0.25) is 10.0 Å². The zero-order chi connectivity index (χ0) is 15.6. The van der Waals surface area contributed by atoms with Crippen molar-refractivity contribution in [2.24, 2.45) is 0 Å². The van der Waals surface area contributed by atoms with Gasteiger partial charge in [0.15, 0.2) is 0 Å². The van der Waals surface area contributed by atoms with Crippen LogP contribution in [0.25, 0.3) is 0 Å². The minimum absolute atomic E-state index is 0.159. The van der Waals surface area contributed by atoms with Crippen LogP contribution in [0.4, 0.5) is 0 Å². The van der Waals surface area contributed by atoms with Crippen LogP contribution in [0.1, 0.15) is 10.9 Å². The minimum Gasteiger partial charge on any atom is -0.497 e. The summed E-state index contributed by atoms with van der Waals surface area (Å²) in [5, 5.41) is -0.159. The maximum atomic E-state index is 12.9. The number of nitrogens with zero attached hydrogens (tertiary/aromatic N) is 1. The summed E-state index contributed by atoms with van der Waals surface area (Å²) in [7, 11) is -1.94. The van der Waals surface area contributed by atoms with Crippen molar-refractivity contribution in [2.45, 2.75) is 10.3 Å². The molecule has 1 heterocycles. The normalized spacial score (nSPS) is 19.2. The van der Waals surface area contributed by atoms with Gasteiger partial charge >= 0.3 is 0 Å². The zero-order valence-corrected chi connectivity index (χ0v) is 13.8. The topological polar surface area (TPSA) is 46.6 Å². The lowest BCUT2D eigenvalue weighted by molar-refractivity contribution is 0.414. The van der Waals surface area contributed by atoms with Crippen molar-refractivity contribution in [3.63, 3.8) is 0 Å². The Morgan fingerprint density at radius 3 is 2.41 bits per heavy atom. The number of ether oxygens (including phenoxy) is 1. The maximum absolute atomic E-state index is 12.9. The third-order valence-electron chi connectivity index (χ3n) is 3.60. The van der Waals surface area contributed by atoms with Crippen molar-refractivity contribution in [3.05, 3.63) is 60.2 Å². The monoisotopic (exact) mass is 335 g/mol. The molecule has 1 aliphatic heterocycles. The summed E-state index contributed by atoms with van der Waals surface area (Å²) in [6.45, 7) is 0.526. The smallest absolute Gasteiger partial charge is 0.244 e. The zero-order valence-electron chi connectivity index (χ0n) is 12.2. The van der Waals surface area contributed by atoms with E-state index >= 15 is 0 Å². The molecule has 116 valence electrons. The van der Waals surface area contributed by atoms with Gasteiger partial charge in [-0.2, -0.15) is 4.31 Å². The average Bonchev–Trinajstić information content (AvgIpc) is 3.06. The molecule has 0 bridgehead atoms. The van der Waals surface area contributed by atoms with Crippen LogP contribution < -0.4 is 4.74 Å². The molecule has 2 aromatic carbocycles. The predicted octanol–water partition coefficient (Wildman–Crippen LogP) is 3.13. The van der Waals surface area contributed by atoms with Crippen molar-refractivity contribution in [1.29, 1.82) is 0 Å². The molecular weight excluding hydrogens is 318 g/mol. The number of hydrogen-bond acceptors (Lipinski definition) is 4. The van der Waals surface area contributed by atoms with Crippen molar-refractivity contribution < 1.29 is 13.2 Å². The second kappa shape index (κ2) is 6.32. The van der Waals surface area contributed by atoms with Crippen LogP contribution in [0.15, 0.2) is 59.5 Å². The number of sulfonamides is 1. The predicted molar refractivity (Wildman–Crippen MR) is 88.5 cm³/mol. The molecule has 1 atom stereocenters. The van der Waals surface area contributed by atoms with Crippen molar-refractivity contribution in [1.82, 2.24) is 4.31 Å². The Morgan fingerprint density at radius 1 is 1.09 bits per heavy atom. The highest BCUT2D eigenvalue weighted by molar-refractivity contribution is 8.01. The van der Waals surface area contributed by atoms with Crippen LogP contribution in [-0.4, -0.2) is 32.1 Å². The highest BCUT2D eigenvalue weighted by atomic mass is 32.2. The lowest BCUT2D eigenvalue weighted by atomic mass is 10.2. The van der Waals surface area contributed by atoms with E-state index in [1.165, 1.54) is 0 Å². The second-order valence-electron chi connectivity index (χ2n) is 4.93. The quantitative estimate of drug-likeness (QED) is 0.861. The van der Waals surface area contributed by atoms with E-state index in [9.17, 15) is 8.42 Å². The molecule has 1 saturated heterocycles. The first-order chi connectivity index (χ1) is 10.6. The molecule has 4 nitrogen and oxygen atoms in total. The first kappa shape index (κ1) is 15.4. The van der Waals surface area contributed by atoms with Gasteiger partial charge in [-0.3, -0.25) is 0 Å². The molecule has 1 aliphatic rings. The summed E-state index contributed by atoms with van der Waals surface area (Å²) in [4.78, 5) is 0.303. The lowest BCUT2D eigenvalue weighted by Crippen LogP contribution is -2.30. The molecule has 22 heavy (non-hydrogen) atoms. The fourth-order valence-electron chi connectivity index (χ4n) is 2.46. The Kier molecular flexibility index (Phi) is 4.42. The summed E-state index contributed by atoms with van der Waals surface area (Å²) in [5.74, 6) is 1.45. The number of thioether (sulfide) groups is 1. The molecule has 1 fully saturated rings. The van der Waals surface area contributed by atoms with Crippen LogP contribution in [0.5, 0.6) is 5.75 Å². The second-order valence-corrected chi connectivity index (χ2v) is 8.00. The maximum Gasteiger partial charge on any atom is 0.244 e. The van der Waals surface area contributed by atoms with E-state index in [1.54, 1.807) is 47.4 Å². The Balaban J connectivity index is 1.93. The third kappa shape index (κ3) is 2.86. The lowest BCUT2D eigenvalue weighted by Gasteiger charge is -2.23. The average molecular weight is 335 g/mol. The van der Waals surface area contributed by atoms with Crippen molar-refractivity contribution >= 4 is 21.8 Å². The largest absolute Gasteiger partial charge is 0.497 e. The summed E-state index contributed by atoms with van der Waals surface area (Å²) >= 11 is 1.65. The fraction of sp³-hybridized carbons (Fsp3) is 0.250. The standard InChI is InChI=1S/C16H17NO3S2/c1-20-14-7-9-15(10-8-14)22(18,19)17-11-12-21-16(17)13-5-3-2-4-6-13/h2-10,16H,11-12H2,1H3/t16-/m0/s1. The van der Waals surface area contributed by atoms with Crippen molar-refractivity contribution in [3.8, 4) is 5.75 Å². The van der Waals surface area contributed by atoms with Crippen LogP contribution >= 0.6 is 11.8 Å². The molecule has 3 rings (SSSR count). The van der Waals surface area contributed by atoms with Gasteiger partial charge in [0.25, 0.3) is 0 Å². The summed E-state index contributed by atoms with van der Waals surface area (Å²) in [6.07, 6.45) is 0. The Bertz CT molecular complexity index is 730. The van der Waals surface area contributed by atoms with E-state index in [-0.39, 0.29) is 5.37 Å². The van der Waals surface area contributed by atoms with E-state index in [0.29, 0.717) is 17.2 Å². The fourth-order valence-corrected chi connectivity index (χ4v) is 5.71. The van der Waals surface area contributed by atoms with Crippen LogP contribution in [-0.2, 0) is 10.0 Å². The van der Waals surface area contributed by atoms with E-state index in [4.69, 9.17) is 4.74 Å². The molecule has 0 spiro atoms. The van der Waals surface area contributed by atoms with Gasteiger partial charge in [-0.05, 0) is 29.8 Å². The summed E-state index contributed by atoms with van der Waals surface area (Å²) in [6, 6.07) is 16.3. The molecule has 0 unspecified atom stereocenters. The van der Waals surface area contributed by atoms with Gasteiger partial charge < -0.3 is 4.74 Å². The number of methoxy groups -OCH3 is 1. The Morgan fingerprint density at radius 2 is 1.77 bits per heavy atom. The van der Waals surface area contributed by atoms with E-state index in [0.717, 1.165) is 11.3 Å². The van der Waals surface area contributed by atoms with Crippen molar-refractivity contribution in [2.75, 3.05) is 19.4 Å². The number of benzene rings is 2. The van der Waals surface area contributed by atoms with Gasteiger partial charge in [0.05, 0.1) is 17.4 Å². The first-order valence-corrected chi connectivity index (χ1v) is 9.44. The molecule has 0 radical (unpaired) electrons. The van der Waals surface area contributed by atoms with Crippen LogP contribution in [0.3, 0.4) is 0 Å². The molecule has 0 saturated carbocycles. The molecule has 0 N–H and O–H groups in total. The molecule has 0 aliphatic carbocycles. The number of rotatable bonds is 4. The Labute approximate surface area is 135 Å². The summed E-state index contributed by atoms with van der Waals surface area (Å²) < 4.78 is 32.4. The van der Waals surface area contributed by atoms with E-state index in [1.807, 2.05) is 30.3 Å². The van der Waals surface area contributed by atoms with Crippen LogP contribution in [0.2, 0.25) is 0 Å².